The molecule has 0 atom stereocenters. The number of nitrogens with two attached hydrogens (primary N) is 2. The van der Waals surface area contributed by atoms with Crippen molar-refractivity contribution in [3.05, 3.63) is 0 Å². The number of hydrogen-bond donors (Lipinski definition) is 3. The average molecular weight is 227 g/mol. The standard InChI is InChI=1S/C11H21N3O2/c1-8-5-11(6-8,7-12)10(16)14-4-2-3-9(13)15/h8H,2-7,12H2,1H3,(H2,13,15)(H,14,16). The first-order valence-corrected chi connectivity index (χ1v) is 5.77. The third-order valence-electron chi connectivity index (χ3n) is 3.24. The van der Waals surface area contributed by atoms with Gasteiger partial charge in [-0.1, -0.05) is 6.92 Å². The molecule has 1 aliphatic carbocycles. The SMILES string of the molecule is CC1CC(CN)(C(=O)NCCCC(N)=O)C1. The summed E-state index contributed by atoms with van der Waals surface area (Å²) in [6, 6.07) is 0. The minimum absolute atomic E-state index is 0.0255. The zero-order chi connectivity index (χ0) is 12.2. The van der Waals surface area contributed by atoms with Gasteiger partial charge < -0.3 is 16.8 Å². The summed E-state index contributed by atoms with van der Waals surface area (Å²) in [5, 5.41) is 2.83. The molecule has 0 spiro atoms. The Bertz CT molecular complexity index is 272. The number of rotatable bonds is 6. The number of hydrogen-bond acceptors (Lipinski definition) is 3. The third kappa shape index (κ3) is 2.95. The van der Waals surface area contributed by atoms with Crippen molar-refractivity contribution in [2.24, 2.45) is 22.8 Å². The summed E-state index contributed by atoms with van der Waals surface area (Å²) in [6.07, 6.45) is 2.64. The molecule has 5 heteroatoms. The lowest BCUT2D eigenvalue weighted by Crippen LogP contribution is -2.53. The summed E-state index contributed by atoms with van der Waals surface area (Å²) < 4.78 is 0. The second kappa shape index (κ2) is 5.30. The maximum Gasteiger partial charge on any atom is 0.227 e. The van der Waals surface area contributed by atoms with Crippen molar-refractivity contribution in [1.82, 2.24) is 5.32 Å². The van der Waals surface area contributed by atoms with Gasteiger partial charge in [-0.25, -0.2) is 0 Å². The number of carbonyl (C=O) groups excluding carboxylic acids is 2. The van der Waals surface area contributed by atoms with Gasteiger partial charge in [-0.3, -0.25) is 9.59 Å². The van der Waals surface area contributed by atoms with E-state index in [-0.39, 0.29) is 17.2 Å². The van der Waals surface area contributed by atoms with Crippen molar-refractivity contribution in [2.45, 2.75) is 32.6 Å². The van der Waals surface area contributed by atoms with E-state index in [0.29, 0.717) is 31.8 Å². The molecule has 1 aliphatic rings. The molecule has 0 radical (unpaired) electrons. The number of amides is 2. The predicted octanol–water partition coefficient (Wildman–Crippen LogP) is -0.257. The van der Waals surface area contributed by atoms with Crippen LogP contribution in [0.25, 0.3) is 0 Å². The van der Waals surface area contributed by atoms with Crippen LogP contribution in [0, 0.1) is 11.3 Å². The molecule has 0 bridgehead atoms. The molecule has 0 aromatic heterocycles. The minimum atomic E-state index is -0.355. The van der Waals surface area contributed by atoms with Crippen molar-refractivity contribution >= 4 is 11.8 Å². The van der Waals surface area contributed by atoms with Crippen LogP contribution in [0.15, 0.2) is 0 Å². The van der Waals surface area contributed by atoms with Crippen molar-refractivity contribution in [1.29, 1.82) is 0 Å². The van der Waals surface area contributed by atoms with Crippen LogP contribution in [-0.4, -0.2) is 24.9 Å². The molecule has 1 saturated carbocycles. The fourth-order valence-electron chi connectivity index (χ4n) is 2.37. The van der Waals surface area contributed by atoms with Gasteiger partial charge in [0, 0.05) is 19.5 Å². The highest BCUT2D eigenvalue weighted by molar-refractivity contribution is 5.84. The molecular weight excluding hydrogens is 206 g/mol. The first-order valence-electron chi connectivity index (χ1n) is 5.77. The molecule has 92 valence electrons. The summed E-state index contributed by atoms with van der Waals surface area (Å²) in [5.41, 5.74) is 10.3. The summed E-state index contributed by atoms with van der Waals surface area (Å²) in [6.45, 7) is 3.02. The monoisotopic (exact) mass is 227 g/mol. The first-order chi connectivity index (χ1) is 7.50. The van der Waals surface area contributed by atoms with Crippen molar-refractivity contribution < 1.29 is 9.59 Å². The third-order valence-corrected chi connectivity index (χ3v) is 3.24. The van der Waals surface area contributed by atoms with Gasteiger partial charge in [-0.15, -0.1) is 0 Å². The smallest absolute Gasteiger partial charge is 0.227 e. The van der Waals surface area contributed by atoms with Gasteiger partial charge in [0.15, 0.2) is 0 Å². The fourth-order valence-corrected chi connectivity index (χ4v) is 2.37. The Morgan fingerprint density at radius 3 is 2.50 bits per heavy atom. The Kier molecular flexibility index (Phi) is 4.29. The van der Waals surface area contributed by atoms with Crippen LogP contribution in [-0.2, 0) is 9.59 Å². The topological polar surface area (TPSA) is 98.2 Å². The molecule has 2 amide bonds. The Labute approximate surface area is 95.9 Å². The van der Waals surface area contributed by atoms with Crippen LogP contribution in [0.5, 0.6) is 0 Å². The molecule has 0 aliphatic heterocycles. The van der Waals surface area contributed by atoms with E-state index in [0.717, 1.165) is 12.8 Å². The maximum atomic E-state index is 11.9. The summed E-state index contributed by atoms with van der Waals surface area (Å²) in [5.74, 6) is 0.276. The van der Waals surface area contributed by atoms with E-state index in [4.69, 9.17) is 11.5 Å². The molecule has 1 rings (SSSR count). The van der Waals surface area contributed by atoms with E-state index in [1.807, 2.05) is 0 Å². The van der Waals surface area contributed by atoms with Crippen molar-refractivity contribution in [2.75, 3.05) is 13.1 Å². The molecular formula is C11H21N3O2. The van der Waals surface area contributed by atoms with E-state index >= 15 is 0 Å². The quantitative estimate of drug-likeness (QED) is 0.545. The summed E-state index contributed by atoms with van der Waals surface area (Å²) in [7, 11) is 0. The summed E-state index contributed by atoms with van der Waals surface area (Å²) in [4.78, 5) is 22.4. The zero-order valence-corrected chi connectivity index (χ0v) is 9.79. The lowest BCUT2D eigenvalue weighted by atomic mass is 9.62. The van der Waals surface area contributed by atoms with Gasteiger partial charge in [0.05, 0.1) is 5.41 Å². The molecule has 1 fully saturated rings. The molecule has 0 aromatic rings. The van der Waals surface area contributed by atoms with Gasteiger partial charge in [-0.2, -0.15) is 0 Å². The van der Waals surface area contributed by atoms with Crippen LogP contribution < -0.4 is 16.8 Å². The Morgan fingerprint density at radius 2 is 2.06 bits per heavy atom. The Morgan fingerprint density at radius 1 is 1.44 bits per heavy atom. The Hall–Kier alpha value is -1.10. The minimum Gasteiger partial charge on any atom is -0.370 e. The van der Waals surface area contributed by atoms with Crippen LogP contribution in [0.1, 0.15) is 32.6 Å². The highest BCUT2D eigenvalue weighted by Crippen LogP contribution is 2.44. The molecule has 0 heterocycles. The highest BCUT2D eigenvalue weighted by atomic mass is 16.2. The van der Waals surface area contributed by atoms with Gasteiger partial charge in [0.2, 0.25) is 11.8 Å². The number of carbonyl (C=O) groups is 2. The van der Waals surface area contributed by atoms with Crippen LogP contribution in [0.2, 0.25) is 0 Å². The number of nitrogens with one attached hydrogen (secondary N) is 1. The van der Waals surface area contributed by atoms with Gasteiger partial charge >= 0.3 is 0 Å². The second-order valence-corrected chi connectivity index (χ2v) is 4.82. The van der Waals surface area contributed by atoms with Gasteiger partial charge in [0.1, 0.15) is 0 Å². The average Bonchev–Trinajstić information content (AvgIpc) is 2.18. The molecule has 0 saturated heterocycles. The summed E-state index contributed by atoms with van der Waals surface area (Å²) >= 11 is 0. The lowest BCUT2D eigenvalue weighted by Gasteiger charge is -2.44. The van der Waals surface area contributed by atoms with Crippen LogP contribution in [0.4, 0.5) is 0 Å². The Balaban J connectivity index is 2.26. The van der Waals surface area contributed by atoms with E-state index in [1.165, 1.54) is 0 Å². The lowest BCUT2D eigenvalue weighted by molar-refractivity contribution is -0.138. The predicted molar refractivity (Wildman–Crippen MR) is 61.3 cm³/mol. The van der Waals surface area contributed by atoms with Crippen molar-refractivity contribution in [3.8, 4) is 0 Å². The van der Waals surface area contributed by atoms with Gasteiger partial charge in [0.25, 0.3) is 0 Å². The molecule has 0 unspecified atom stereocenters. The van der Waals surface area contributed by atoms with Gasteiger partial charge in [-0.05, 0) is 25.2 Å². The van der Waals surface area contributed by atoms with E-state index in [2.05, 4.69) is 12.2 Å². The fraction of sp³-hybridized carbons (Fsp3) is 0.818. The highest BCUT2D eigenvalue weighted by Gasteiger charge is 2.46. The molecule has 5 N–H and O–H groups in total. The molecule has 0 aromatic carbocycles. The zero-order valence-electron chi connectivity index (χ0n) is 9.79. The largest absolute Gasteiger partial charge is 0.370 e. The molecule has 5 nitrogen and oxygen atoms in total. The molecule has 16 heavy (non-hydrogen) atoms. The van der Waals surface area contributed by atoms with Crippen LogP contribution in [0.3, 0.4) is 0 Å². The van der Waals surface area contributed by atoms with E-state index < -0.39 is 0 Å². The second-order valence-electron chi connectivity index (χ2n) is 4.82. The normalized spacial score (nSPS) is 28.2. The van der Waals surface area contributed by atoms with Crippen molar-refractivity contribution in [3.63, 3.8) is 0 Å². The van der Waals surface area contributed by atoms with E-state index in [1.54, 1.807) is 0 Å². The van der Waals surface area contributed by atoms with Crippen LogP contribution >= 0.6 is 0 Å². The maximum absolute atomic E-state index is 11.9. The van der Waals surface area contributed by atoms with E-state index in [9.17, 15) is 9.59 Å². The number of primary amides is 1. The first kappa shape index (κ1) is 13.0.